The molecule has 1 saturated carbocycles. The van der Waals surface area contributed by atoms with Crippen LogP contribution in [-0.2, 0) is 10.0 Å². The summed E-state index contributed by atoms with van der Waals surface area (Å²) in [5.74, 6) is 0.696. The van der Waals surface area contributed by atoms with Gasteiger partial charge in [0.15, 0.2) is 0 Å². The standard InChI is InChI=1S/C13H19N3O4S/c1-8-3-6-12(9(8)2)15-21(19,20)10-4-5-11(14)13(7-10)16(17)18/h4-5,7-9,12,15H,3,6,14H2,1-2H3. The highest BCUT2D eigenvalue weighted by Crippen LogP contribution is 2.32. The third kappa shape index (κ3) is 3.16. The number of benzene rings is 1. The van der Waals surface area contributed by atoms with Gasteiger partial charge in [0.25, 0.3) is 5.69 Å². The van der Waals surface area contributed by atoms with Crippen LogP contribution in [0.3, 0.4) is 0 Å². The molecule has 0 aliphatic heterocycles. The van der Waals surface area contributed by atoms with Gasteiger partial charge in [0, 0.05) is 12.1 Å². The lowest BCUT2D eigenvalue weighted by Gasteiger charge is -2.19. The maximum absolute atomic E-state index is 12.4. The summed E-state index contributed by atoms with van der Waals surface area (Å²) in [6.07, 6.45) is 1.74. The number of nitro benzene ring substituents is 1. The van der Waals surface area contributed by atoms with E-state index in [2.05, 4.69) is 11.6 Å². The van der Waals surface area contributed by atoms with Crippen molar-refractivity contribution in [2.45, 2.75) is 37.6 Å². The molecule has 7 nitrogen and oxygen atoms in total. The minimum atomic E-state index is -3.78. The van der Waals surface area contributed by atoms with E-state index in [1.54, 1.807) is 0 Å². The van der Waals surface area contributed by atoms with Crippen molar-refractivity contribution in [3.8, 4) is 0 Å². The number of nitrogen functional groups attached to an aromatic ring is 1. The Labute approximate surface area is 123 Å². The average molecular weight is 313 g/mol. The molecule has 0 amide bonds. The summed E-state index contributed by atoms with van der Waals surface area (Å²) in [6.45, 7) is 4.10. The lowest BCUT2D eigenvalue weighted by Crippen LogP contribution is -2.37. The predicted octanol–water partition coefficient (Wildman–Crippen LogP) is 1.89. The number of sulfonamides is 1. The van der Waals surface area contributed by atoms with Crippen molar-refractivity contribution in [1.82, 2.24) is 4.72 Å². The SMILES string of the molecule is CC1CCC(NS(=O)(=O)c2ccc(N)c([N+](=O)[O-])c2)C1C. The van der Waals surface area contributed by atoms with Gasteiger partial charge in [-0.05, 0) is 36.8 Å². The van der Waals surface area contributed by atoms with Crippen molar-refractivity contribution in [2.24, 2.45) is 11.8 Å². The molecule has 1 aliphatic carbocycles. The summed E-state index contributed by atoms with van der Waals surface area (Å²) >= 11 is 0. The molecule has 1 aromatic carbocycles. The largest absolute Gasteiger partial charge is 0.393 e. The van der Waals surface area contributed by atoms with Crippen LogP contribution in [0.2, 0.25) is 0 Å². The molecule has 3 atom stereocenters. The first kappa shape index (κ1) is 15.7. The smallest absolute Gasteiger partial charge is 0.293 e. The van der Waals surface area contributed by atoms with Gasteiger partial charge in [0.05, 0.1) is 9.82 Å². The highest BCUT2D eigenvalue weighted by atomic mass is 32.2. The van der Waals surface area contributed by atoms with Crippen LogP contribution in [0.1, 0.15) is 26.7 Å². The molecule has 0 aromatic heterocycles. The Morgan fingerprint density at radius 2 is 2.00 bits per heavy atom. The number of nitrogens with one attached hydrogen (secondary N) is 1. The number of hydrogen-bond acceptors (Lipinski definition) is 5. The predicted molar refractivity (Wildman–Crippen MR) is 79.2 cm³/mol. The summed E-state index contributed by atoms with van der Waals surface area (Å²) in [4.78, 5) is 10.0. The molecule has 0 spiro atoms. The van der Waals surface area contributed by atoms with Crippen LogP contribution in [0.25, 0.3) is 0 Å². The van der Waals surface area contributed by atoms with Crippen LogP contribution in [0.5, 0.6) is 0 Å². The summed E-state index contributed by atoms with van der Waals surface area (Å²) in [7, 11) is -3.78. The number of nitrogens with two attached hydrogens (primary N) is 1. The lowest BCUT2D eigenvalue weighted by molar-refractivity contribution is -0.384. The molecule has 1 aliphatic rings. The van der Waals surface area contributed by atoms with Crippen molar-refractivity contribution in [2.75, 3.05) is 5.73 Å². The van der Waals surface area contributed by atoms with Gasteiger partial charge in [0.1, 0.15) is 5.69 Å². The van der Waals surface area contributed by atoms with Gasteiger partial charge in [-0.2, -0.15) is 0 Å². The zero-order chi connectivity index (χ0) is 15.8. The minimum Gasteiger partial charge on any atom is -0.393 e. The Kier molecular flexibility index (Phi) is 4.20. The van der Waals surface area contributed by atoms with E-state index in [1.807, 2.05) is 6.92 Å². The summed E-state index contributed by atoms with van der Waals surface area (Å²) < 4.78 is 27.4. The second-order valence-electron chi connectivity index (χ2n) is 5.62. The van der Waals surface area contributed by atoms with Crippen LogP contribution < -0.4 is 10.5 Å². The molecule has 0 bridgehead atoms. The molecule has 21 heavy (non-hydrogen) atoms. The van der Waals surface area contributed by atoms with E-state index in [-0.39, 0.29) is 22.5 Å². The fraction of sp³-hybridized carbons (Fsp3) is 0.538. The van der Waals surface area contributed by atoms with Crippen LogP contribution in [0, 0.1) is 22.0 Å². The fourth-order valence-corrected chi connectivity index (χ4v) is 4.03. The highest BCUT2D eigenvalue weighted by molar-refractivity contribution is 7.89. The first-order valence-electron chi connectivity index (χ1n) is 6.78. The number of hydrogen-bond donors (Lipinski definition) is 2. The third-order valence-corrected chi connectivity index (χ3v) is 5.77. The normalized spacial score (nSPS) is 25.9. The van der Waals surface area contributed by atoms with Gasteiger partial charge in [0.2, 0.25) is 10.0 Å². The Morgan fingerprint density at radius 3 is 2.52 bits per heavy atom. The molecular formula is C13H19N3O4S. The molecule has 1 aromatic rings. The van der Waals surface area contributed by atoms with Crippen molar-refractivity contribution in [3.63, 3.8) is 0 Å². The Morgan fingerprint density at radius 1 is 1.33 bits per heavy atom. The number of rotatable bonds is 4. The summed E-state index contributed by atoms with van der Waals surface area (Å²) in [6, 6.07) is 3.39. The van der Waals surface area contributed by atoms with Crippen molar-refractivity contribution in [3.05, 3.63) is 28.3 Å². The molecule has 8 heteroatoms. The zero-order valence-electron chi connectivity index (χ0n) is 11.9. The molecule has 0 heterocycles. The number of nitro groups is 1. The van der Waals surface area contributed by atoms with Crippen LogP contribution >= 0.6 is 0 Å². The molecule has 0 radical (unpaired) electrons. The van der Waals surface area contributed by atoms with Crippen LogP contribution in [0.15, 0.2) is 23.1 Å². The number of anilines is 1. The Hall–Kier alpha value is -1.67. The molecule has 1 fully saturated rings. The second-order valence-corrected chi connectivity index (χ2v) is 7.33. The first-order valence-corrected chi connectivity index (χ1v) is 8.27. The monoisotopic (exact) mass is 313 g/mol. The third-order valence-electron chi connectivity index (χ3n) is 4.28. The molecule has 2 rings (SSSR count). The first-order chi connectivity index (χ1) is 9.72. The van der Waals surface area contributed by atoms with Crippen molar-refractivity contribution in [1.29, 1.82) is 0 Å². The van der Waals surface area contributed by atoms with E-state index in [1.165, 1.54) is 12.1 Å². The van der Waals surface area contributed by atoms with Gasteiger partial charge in [-0.15, -0.1) is 0 Å². The van der Waals surface area contributed by atoms with E-state index in [0.717, 1.165) is 18.9 Å². The average Bonchev–Trinajstić information content (AvgIpc) is 2.70. The minimum absolute atomic E-state index is 0.0539. The topological polar surface area (TPSA) is 115 Å². The Balaban J connectivity index is 2.28. The van der Waals surface area contributed by atoms with E-state index < -0.39 is 20.6 Å². The number of nitrogens with zero attached hydrogens (tertiary/aromatic N) is 1. The second kappa shape index (κ2) is 5.61. The van der Waals surface area contributed by atoms with Gasteiger partial charge >= 0.3 is 0 Å². The van der Waals surface area contributed by atoms with Crippen LogP contribution in [0.4, 0.5) is 11.4 Å². The van der Waals surface area contributed by atoms with E-state index in [0.29, 0.717) is 5.92 Å². The molecular weight excluding hydrogens is 294 g/mol. The van der Waals surface area contributed by atoms with Crippen molar-refractivity contribution < 1.29 is 13.3 Å². The lowest BCUT2D eigenvalue weighted by atomic mass is 9.98. The maximum Gasteiger partial charge on any atom is 0.293 e. The highest BCUT2D eigenvalue weighted by Gasteiger charge is 2.33. The van der Waals surface area contributed by atoms with E-state index in [9.17, 15) is 18.5 Å². The van der Waals surface area contributed by atoms with Gasteiger partial charge < -0.3 is 5.73 Å². The molecule has 3 unspecified atom stereocenters. The van der Waals surface area contributed by atoms with Crippen molar-refractivity contribution >= 4 is 21.4 Å². The Bertz CT molecular complexity index is 659. The zero-order valence-corrected chi connectivity index (χ0v) is 12.8. The fourth-order valence-electron chi connectivity index (χ4n) is 2.65. The maximum atomic E-state index is 12.4. The van der Waals surface area contributed by atoms with Crippen LogP contribution in [-0.4, -0.2) is 19.4 Å². The summed E-state index contributed by atoms with van der Waals surface area (Å²) in [5.41, 5.74) is 5.03. The molecule has 3 N–H and O–H groups in total. The quantitative estimate of drug-likeness (QED) is 0.500. The van der Waals surface area contributed by atoms with E-state index in [4.69, 9.17) is 5.73 Å². The molecule has 116 valence electrons. The molecule has 0 saturated heterocycles. The summed E-state index contributed by atoms with van der Waals surface area (Å²) in [5, 5.41) is 10.9. The van der Waals surface area contributed by atoms with Gasteiger partial charge in [-0.1, -0.05) is 13.8 Å². The van der Waals surface area contributed by atoms with Gasteiger partial charge in [-0.3, -0.25) is 10.1 Å². The van der Waals surface area contributed by atoms with E-state index >= 15 is 0 Å². The van der Waals surface area contributed by atoms with Gasteiger partial charge in [-0.25, -0.2) is 13.1 Å².